The summed E-state index contributed by atoms with van der Waals surface area (Å²) in [6, 6.07) is 8.34. The Kier molecular flexibility index (Phi) is 2.87. The quantitative estimate of drug-likeness (QED) is 0.835. The van der Waals surface area contributed by atoms with Crippen LogP contribution in [0.25, 0.3) is 0 Å². The van der Waals surface area contributed by atoms with E-state index < -0.39 is 0 Å². The summed E-state index contributed by atoms with van der Waals surface area (Å²) in [5, 5.41) is 4.99. The molecule has 1 saturated heterocycles. The zero-order chi connectivity index (χ0) is 12.7. The average Bonchev–Trinajstić information content (AvgIpc) is 2.73. The van der Waals surface area contributed by atoms with Crippen LogP contribution in [0.1, 0.15) is 24.9 Å². The van der Waals surface area contributed by atoms with E-state index in [4.69, 9.17) is 0 Å². The van der Waals surface area contributed by atoms with E-state index in [1.54, 1.807) is 11.1 Å². The highest BCUT2D eigenvalue weighted by Crippen LogP contribution is 2.29. The Balaban J connectivity index is 1.83. The fourth-order valence-electron chi connectivity index (χ4n) is 2.47. The van der Waals surface area contributed by atoms with Crippen molar-refractivity contribution in [2.24, 2.45) is 0 Å². The molecule has 1 amide bonds. The van der Waals surface area contributed by atoms with Crippen molar-refractivity contribution in [1.82, 2.24) is 15.8 Å². The molecule has 5 heteroatoms. The van der Waals surface area contributed by atoms with E-state index in [0.29, 0.717) is 0 Å². The summed E-state index contributed by atoms with van der Waals surface area (Å²) in [6.07, 6.45) is 2.53. The molecule has 0 radical (unpaired) electrons. The Morgan fingerprint density at radius 1 is 1.44 bits per heavy atom. The zero-order valence-corrected chi connectivity index (χ0v) is 11.6. The van der Waals surface area contributed by atoms with Crippen LogP contribution >= 0.6 is 15.9 Å². The van der Waals surface area contributed by atoms with Crippen LogP contribution in [0, 0.1) is 0 Å². The summed E-state index contributed by atoms with van der Waals surface area (Å²) in [5.74, 6) is 0.0220. The van der Waals surface area contributed by atoms with E-state index in [1.165, 1.54) is 5.56 Å². The van der Waals surface area contributed by atoms with E-state index in [2.05, 4.69) is 38.8 Å². The minimum atomic E-state index is 0.0220. The van der Waals surface area contributed by atoms with Crippen molar-refractivity contribution < 1.29 is 4.79 Å². The lowest BCUT2D eigenvalue weighted by Gasteiger charge is -2.28. The molecule has 0 bridgehead atoms. The minimum absolute atomic E-state index is 0.0220. The Hall–Kier alpha value is -1.33. The molecule has 0 aromatic heterocycles. The Bertz CT molecular complexity index is 529. The summed E-state index contributed by atoms with van der Waals surface area (Å²) in [7, 11) is 0. The summed E-state index contributed by atoms with van der Waals surface area (Å²) < 4.78 is 1.06. The van der Waals surface area contributed by atoms with Crippen LogP contribution in [0.15, 0.2) is 40.5 Å². The molecule has 0 saturated carbocycles. The number of carbonyl (C=O) groups excluding carboxylic acids is 1. The molecule has 0 aliphatic carbocycles. The molecular weight excluding hydrogens is 294 g/mol. The first kappa shape index (κ1) is 11.7. The van der Waals surface area contributed by atoms with Crippen LogP contribution in [0.3, 0.4) is 0 Å². The molecule has 1 aromatic carbocycles. The van der Waals surface area contributed by atoms with Gasteiger partial charge in [-0.15, -0.1) is 0 Å². The lowest BCUT2D eigenvalue weighted by Crippen LogP contribution is -2.51. The van der Waals surface area contributed by atoms with Gasteiger partial charge in [0.15, 0.2) is 0 Å². The summed E-state index contributed by atoms with van der Waals surface area (Å²) in [5.41, 5.74) is 5.38. The fourth-order valence-corrected chi connectivity index (χ4v) is 2.89. The molecule has 2 N–H and O–H groups in total. The van der Waals surface area contributed by atoms with Gasteiger partial charge in [0.25, 0.3) is 5.91 Å². The van der Waals surface area contributed by atoms with E-state index in [1.807, 2.05) is 19.1 Å². The van der Waals surface area contributed by atoms with Gasteiger partial charge >= 0.3 is 0 Å². The van der Waals surface area contributed by atoms with Gasteiger partial charge in [0.05, 0.1) is 6.04 Å². The molecule has 2 aliphatic heterocycles. The number of nitrogens with one attached hydrogen (secondary N) is 2. The second kappa shape index (κ2) is 4.40. The average molecular weight is 308 g/mol. The standard InChI is InChI=1S/C13H14BrN3O/c1-8-5-13(18)17-12(15-8)7-11(16-17)9-3-2-4-10(14)6-9/h2-6,11-12,15-16H,7H2,1H3. The number of halogens is 1. The molecule has 4 nitrogen and oxygen atoms in total. The van der Waals surface area contributed by atoms with Gasteiger partial charge in [0, 0.05) is 22.7 Å². The maximum Gasteiger partial charge on any atom is 0.264 e. The van der Waals surface area contributed by atoms with Gasteiger partial charge in [0.1, 0.15) is 6.17 Å². The molecule has 1 aromatic rings. The zero-order valence-electron chi connectivity index (χ0n) is 9.98. The smallest absolute Gasteiger partial charge is 0.264 e. The number of fused-ring (bicyclic) bond motifs is 1. The van der Waals surface area contributed by atoms with Crippen molar-refractivity contribution in [1.29, 1.82) is 0 Å². The molecule has 0 spiro atoms. The molecule has 2 aliphatic rings. The van der Waals surface area contributed by atoms with Gasteiger partial charge in [-0.3, -0.25) is 9.80 Å². The van der Waals surface area contributed by atoms with Gasteiger partial charge in [-0.1, -0.05) is 28.1 Å². The largest absolute Gasteiger partial charge is 0.367 e. The number of benzene rings is 1. The second-order valence-corrected chi connectivity index (χ2v) is 5.58. The predicted molar refractivity (Wildman–Crippen MR) is 72.2 cm³/mol. The lowest BCUT2D eigenvalue weighted by atomic mass is 10.0. The third kappa shape index (κ3) is 2.04. The van der Waals surface area contributed by atoms with E-state index in [-0.39, 0.29) is 18.1 Å². The molecular formula is C13H14BrN3O. The first-order valence-electron chi connectivity index (χ1n) is 5.93. The van der Waals surface area contributed by atoms with Crippen LogP contribution in [-0.2, 0) is 4.79 Å². The highest BCUT2D eigenvalue weighted by molar-refractivity contribution is 9.10. The first-order chi connectivity index (χ1) is 8.63. The van der Waals surface area contributed by atoms with Gasteiger partial charge in [-0.25, -0.2) is 5.43 Å². The van der Waals surface area contributed by atoms with Crippen molar-refractivity contribution in [2.75, 3.05) is 0 Å². The predicted octanol–water partition coefficient (Wildman–Crippen LogP) is 2.06. The minimum Gasteiger partial charge on any atom is -0.367 e. The van der Waals surface area contributed by atoms with Crippen LogP contribution in [0.2, 0.25) is 0 Å². The SMILES string of the molecule is CC1=CC(=O)N2NC(c3cccc(Br)c3)CC2N1. The van der Waals surface area contributed by atoms with Gasteiger partial charge in [0.2, 0.25) is 0 Å². The van der Waals surface area contributed by atoms with Crippen LogP contribution in [-0.4, -0.2) is 17.1 Å². The second-order valence-electron chi connectivity index (χ2n) is 4.67. The maximum atomic E-state index is 11.9. The van der Waals surface area contributed by atoms with Crippen molar-refractivity contribution in [3.8, 4) is 0 Å². The highest BCUT2D eigenvalue weighted by Gasteiger charge is 2.37. The Morgan fingerprint density at radius 2 is 2.28 bits per heavy atom. The van der Waals surface area contributed by atoms with Crippen molar-refractivity contribution in [3.05, 3.63) is 46.1 Å². The summed E-state index contributed by atoms with van der Waals surface area (Å²) in [4.78, 5) is 11.9. The molecule has 18 heavy (non-hydrogen) atoms. The van der Waals surface area contributed by atoms with E-state index in [9.17, 15) is 4.79 Å². The Morgan fingerprint density at radius 3 is 3.06 bits per heavy atom. The number of hydrazine groups is 1. The fraction of sp³-hybridized carbons (Fsp3) is 0.308. The number of amides is 1. The molecule has 2 unspecified atom stereocenters. The highest BCUT2D eigenvalue weighted by atomic mass is 79.9. The third-order valence-electron chi connectivity index (χ3n) is 3.29. The van der Waals surface area contributed by atoms with Crippen molar-refractivity contribution in [2.45, 2.75) is 25.6 Å². The van der Waals surface area contributed by atoms with Crippen LogP contribution in [0.4, 0.5) is 0 Å². The molecule has 94 valence electrons. The van der Waals surface area contributed by atoms with E-state index >= 15 is 0 Å². The monoisotopic (exact) mass is 307 g/mol. The Labute approximate surface area is 114 Å². The van der Waals surface area contributed by atoms with E-state index in [0.717, 1.165) is 16.6 Å². The van der Waals surface area contributed by atoms with Crippen molar-refractivity contribution >= 4 is 21.8 Å². The van der Waals surface area contributed by atoms with Gasteiger partial charge in [-0.2, -0.15) is 0 Å². The number of nitrogens with zero attached hydrogens (tertiary/aromatic N) is 1. The number of carbonyl (C=O) groups is 1. The summed E-state index contributed by atoms with van der Waals surface area (Å²) >= 11 is 3.47. The number of hydrogen-bond acceptors (Lipinski definition) is 3. The van der Waals surface area contributed by atoms with Crippen LogP contribution < -0.4 is 10.7 Å². The maximum absolute atomic E-state index is 11.9. The van der Waals surface area contributed by atoms with Crippen molar-refractivity contribution in [3.63, 3.8) is 0 Å². The first-order valence-corrected chi connectivity index (χ1v) is 6.72. The third-order valence-corrected chi connectivity index (χ3v) is 3.78. The summed E-state index contributed by atoms with van der Waals surface area (Å²) in [6.45, 7) is 1.92. The topological polar surface area (TPSA) is 44.4 Å². The molecule has 2 heterocycles. The van der Waals surface area contributed by atoms with Crippen LogP contribution in [0.5, 0.6) is 0 Å². The number of allylic oxidation sites excluding steroid dienone is 1. The molecule has 1 fully saturated rings. The molecule has 3 rings (SSSR count). The lowest BCUT2D eigenvalue weighted by molar-refractivity contribution is -0.131. The van der Waals surface area contributed by atoms with Gasteiger partial charge in [-0.05, 0) is 24.6 Å². The van der Waals surface area contributed by atoms with Gasteiger partial charge < -0.3 is 5.32 Å². The molecule has 2 atom stereocenters. The number of hydrogen-bond donors (Lipinski definition) is 2. The number of rotatable bonds is 1. The normalized spacial score (nSPS) is 26.7.